The molecule has 70 valence electrons. The first kappa shape index (κ1) is 8.82. The average molecular weight is 184 g/mol. The summed E-state index contributed by atoms with van der Waals surface area (Å²) in [5.74, 6) is 0. The third kappa shape index (κ3) is 1.18. The Balaban J connectivity index is 3.03. The summed E-state index contributed by atoms with van der Waals surface area (Å²) in [6.45, 7) is 9.71. The highest BCUT2D eigenvalue weighted by molar-refractivity contribution is 5.78. The standard InChI is InChI=1S/C13H12O/c1-4-9(2)13-10(3)11-7-5-6-8-12(11)14-13/h4-8H,1,3H2,2H3/b13-9+. The van der Waals surface area contributed by atoms with Crippen molar-refractivity contribution in [3.05, 3.63) is 47.6 Å². The first-order valence-electron chi connectivity index (χ1n) is 4.54. The van der Waals surface area contributed by atoms with Gasteiger partial charge in [0.1, 0.15) is 11.0 Å². The molecule has 0 spiro atoms. The maximum Gasteiger partial charge on any atom is 0.137 e. The second-order valence-electron chi connectivity index (χ2n) is 3.29. The largest absolute Gasteiger partial charge is 0.456 e. The molecule has 0 fully saturated rings. The molecule has 0 saturated carbocycles. The molecule has 0 bridgehead atoms. The van der Waals surface area contributed by atoms with Gasteiger partial charge < -0.3 is 4.42 Å². The van der Waals surface area contributed by atoms with Crippen molar-refractivity contribution in [1.29, 1.82) is 0 Å². The fraction of sp³-hybridized carbons (Fsp3) is 0.0769. The summed E-state index contributed by atoms with van der Waals surface area (Å²) in [5.41, 5.74) is 2.74. The van der Waals surface area contributed by atoms with Crippen LogP contribution in [0.25, 0.3) is 23.1 Å². The maximum atomic E-state index is 5.68. The molecule has 0 unspecified atom stereocenters. The summed E-state index contributed by atoms with van der Waals surface area (Å²) < 4.78 is 5.68. The van der Waals surface area contributed by atoms with Crippen LogP contribution in [0.2, 0.25) is 0 Å². The van der Waals surface area contributed by atoms with E-state index >= 15 is 0 Å². The Morgan fingerprint density at radius 3 is 2.71 bits per heavy atom. The first-order chi connectivity index (χ1) is 6.74. The molecule has 0 aliphatic carbocycles. The Morgan fingerprint density at radius 1 is 1.36 bits per heavy atom. The van der Waals surface area contributed by atoms with Crippen molar-refractivity contribution < 1.29 is 4.42 Å². The number of rotatable bonds is 1. The molecule has 1 nitrogen and oxygen atoms in total. The van der Waals surface area contributed by atoms with E-state index < -0.39 is 0 Å². The van der Waals surface area contributed by atoms with Crippen LogP contribution in [0.4, 0.5) is 0 Å². The van der Waals surface area contributed by atoms with E-state index in [4.69, 9.17) is 4.42 Å². The number of hydrogen-bond acceptors (Lipinski definition) is 1. The van der Waals surface area contributed by atoms with Crippen molar-refractivity contribution >= 4 is 23.1 Å². The highest BCUT2D eigenvalue weighted by atomic mass is 16.3. The van der Waals surface area contributed by atoms with Crippen molar-refractivity contribution in [3.8, 4) is 0 Å². The molecule has 0 aliphatic rings. The van der Waals surface area contributed by atoms with E-state index in [0.717, 1.165) is 27.2 Å². The topological polar surface area (TPSA) is 13.1 Å². The van der Waals surface area contributed by atoms with E-state index in [0.29, 0.717) is 0 Å². The fourth-order valence-electron chi connectivity index (χ4n) is 1.51. The average Bonchev–Trinajstić information content (AvgIpc) is 2.56. The zero-order chi connectivity index (χ0) is 10.1. The van der Waals surface area contributed by atoms with Crippen LogP contribution in [0, 0.1) is 0 Å². The van der Waals surface area contributed by atoms with Gasteiger partial charge in [0.05, 0.1) is 0 Å². The minimum Gasteiger partial charge on any atom is -0.456 e. The van der Waals surface area contributed by atoms with Gasteiger partial charge in [-0.05, 0) is 18.6 Å². The zero-order valence-corrected chi connectivity index (χ0v) is 8.21. The van der Waals surface area contributed by atoms with Gasteiger partial charge in [0.2, 0.25) is 0 Å². The van der Waals surface area contributed by atoms with Crippen LogP contribution in [0.1, 0.15) is 6.92 Å². The van der Waals surface area contributed by atoms with E-state index in [-0.39, 0.29) is 0 Å². The minimum absolute atomic E-state index is 0.834. The van der Waals surface area contributed by atoms with Gasteiger partial charge in [0.15, 0.2) is 0 Å². The monoisotopic (exact) mass is 184 g/mol. The number of fused-ring (bicyclic) bond motifs is 1. The highest BCUT2D eigenvalue weighted by Crippen LogP contribution is 2.07. The van der Waals surface area contributed by atoms with Gasteiger partial charge in [-0.2, -0.15) is 0 Å². The molecule has 2 aromatic rings. The zero-order valence-electron chi connectivity index (χ0n) is 8.21. The van der Waals surface area contributed by atoms with E-state index in [1.807, 2.05) is 31.2 Å². The molecule has 14 heavy (non-hydrogen) atoms. The molecule has 0 saturated heterocycles. The summed E-state index contributed by atoms with van der Waals surface area (Å²) in [6, 6.07) is 7.91. The van der Waals surface area contributed by atoms with E-state index in [1.165, 1.54) is 0 Å². The van der Waals surface area contributed by atoms with Crippen LogP contribution >= 0.6 is 0 Å². The summed E-state index contributed by atoms with van der Waals surface area (Å²) in [5, 5.41) is 2.02. The molecule has 0 aliphatic heterocycles. The fourth-order valence-corrected chi connectivity index (χ4v) is 1.51. The molecule has 0 N–H and O–H groups in total. The molecule has 1 aromatic heterocycles. The smallest absolute Gasteiger partial charge is 0.137 e. The summed E-state index contributed by atoms with van der Waals surface area (Å²) in [4.78, 5) is 0. The highest BCUT2D eigenvalue weighted by Gasteiger charge is 2.00. The van der Waals surface area contributed by atoms with Gasteiger partial charge in [-0.15, -0.1) is 0 Å². The van der Waals surface area contributed by atoms with Gasteiger partial charge in [-0.3, -0.25) is 0 Å². The lowest BCUT2D eigenvalue weighted by Gasteiger charge is -1.84. The lowest BCUT2D eigenvalue weighted by Crippen LogP contribution is -2.19. The molecule has 1 aromatic carbocycles. The van der Waals surface area contributed by atoms with Crippen LogP contribution in [0.3, 0.4) is 0 Å². The van der Waals surface area contributed by atoms with Crippen LogP contribution in [0.5, 0.6) is 0 Å². The molecule has 1 heterocycles. The number of allylic oxidation sites excluding steroid dienone is 1. The lowest BCUT2D eigenvalue weighted by atomic mass is 10.2. The lowest BCUT2D eigenvalue weighted by molar-refractivity contribution is 0.573. The second kappa shape index (κ2) is 3.18. The van der Waals surface area contributed by atoms with Gasteiger partial charge in [0, 0.05) is 10.6 Å². The summed E-state index contributed by atoms with van der Waals surface area (Å²) in [6.07, 6.45) is 1.78. The third-order valence-corrected chi connectivity index (χ3v) is 2.36. The van der Waals surface area contributed by atoms with Gasteiger partial charge in [-0.25, -0.2) is 0 Å². The Morgan fingerprint density at radius 2 is 2.07 bits per heavy atom. The second-order valence-corrected chi connectivity index (χ2v) is 3.29. The SMILES string of the molecule is C=C/C(C)=c1/oc2ccccc2c1=C. The maximum absolute atomic E-state index is 5.68. The third-order valence-electron chi connectivity index (χ3n) is 2.36. The van der Waals surface area contributed by atoms with Crippen molar-refractivity contribution in [2.45, 2.75) is 6.92 Å². The van der Waals surface area contributed by atoms with Gasteiger partial charge in [0.25, 0.3) is 0 Å². The van der Waals surface area contributed by atoms with Crippen LogP contribution < -0.4 is 10.6 Å². The molecule has 1 heteroatoms. The van der Waals surface area contributed by atoms with Gasteiger partial charge >= 0.3 is 0 Å². The quantitative estimate of drug-likeness (QED) is 0.662. The van der Waals surface area contributed by atoms with Crippen LogP contribution in [0.15, 0.2) is 41.3 Å². The number of hydrogen-bond donors (Lipinski definition) is 0. The van der Waals surface area contributed by atoms with E-state index in [9.17, 15) is 0 Å². The Bertz CT molecular complexity index is 587. The van der Waals surface area contributed by atoms with E-state index in [2.05, 4.69) is 13.2 Å². The predicted molar refractivity (Wildman–Crippen MR) is 60.3 cm³/mol. The van der Waals surface area contributed by atoms with Gasteiger partial charge in [-0.1, -0.05) is 37.4 Å². The van der Waals surface area contributed by atoms with Crippen LogP contribution in [-0.2, 0) is 0 Å². The van der Waals surface area contributed by atoms with Crippen molar-refractivity contribution in [2.24, 2.45) is 0 Å². The molecular formula is C13H12O. The van der Waals surface area contributed by atoms with Crippen molar-refractivity contribution in [2.75, 3.05) is 0 Å². The molecule has 0 atom stereocenters. The molecule has 0 radical (unpaired) electrons. The Kier molecular flexibility index (Phi) is 2.01. The molecule has 0 amide bonds. The van der Waals surface area contributed by atoms with E-state index in [1.54, 1.807) is 6.08 Å². The number of furan rings is 1. The first-order valence-corrected chi connectivity index (χ1v) is 4.54. The van der Waals surface area contributed by atoms with Crippen molar-refractivity contribution in [1.82, 2.24) is 0 Å². The molecular weight excluding hydrogens is 172 g/mol. The predicted octanol–water partition coefficient (Wildman–Crippen LogP) is 2.20. The minimum atomic E-state index is 0.834. The van der Waals surface area contributed by atoms with Crippen LogP contribution in [-0.4, -0.2) is 0 Å². The molecule has 2 rings (SSSR count). The summed E-state index contributed by atoms with van der Waals surface area (Å²) in [7, 11) is 0. The normalized spacial score (nSPS) is 12.9. The number of para-hydroxylation sites is 1. The Hall–Kier alpha value is -1.76. The van der Waals surface area contributed by atoms with Crippen molar-refractivity contribution in [3.63, 3.8) is 0 Å². The summed E-state index contributed by atoms with van der Waals surface area (Å²) >= 11 is 0. The number of benzene rings is 1. The Labute approximate surface area is 82.7 Å².